The van der Waals surface area contributed by atoms with Crippen LogP contribution in [0.3, 0.4) is 0 Å². The number of primary amides is 1. The van der Waals surface area contributed by atoms with Crippen LogP contribution in [-0.4, -0.2) is 23.0 Å². The quantitative estimate of drug-likeness (QED) is 0.586. The van der Waals surface area contributed by atoms with Gasteiger partial charge in [0.25, 0.3) is 0 Å². The minimum atomic E-state index is -0.492. The first-order chi connectivity index (χ1) is 12.2. The Kier molecular flexibility index (Phi) is 3.70. The number of methoxy groups -OCH3 is 1. The molecule has 0 saturated heterocycles. The van der Waals surface area contributed by atoms with Crippen molar-refractivity contribution in [3.63, 3.8) is 0 Å². The van der Waals surface area contributed by atoms with Crippen molar-refractivity contribution in [1.29, 1.82) is 0 Å². The van der Waals surface area contributed by atoms with Gasteiger partial charge in [0.15, 0.2) is 5.13 Å². The summed E-state index contributed by atoms with van der Waals surface area (Å²) in [7, 11) is 1.57. The zero-order valence-electron chi connectivity index (χ0n) is 13.3. The van der Waals surface area contributed by atoms with Crippen molar-refractivity contribution in [3.8, 4) is 5.75 Å². The van der Waals surface area contributed by atoms with Gasteiger partial charge in [-0.05, 0) is 30.3 Å². The molecular formula is C18H14N4O2S. The number of aromatic nitrogens is 2. The van der Waals surface area contributed by atoms with Gasteiger partial charge in [0.1, 0.15) is 5.75 Å². The molecule has 6 nitrogen and oxygen atoms in total. The minimum absolute atomic E-state index is 0.404. The fourth-order valence-electron chi connectivity index (χ4n) is 2.69. The number of pyridine rings is 1. The molecule has 124 valence electrons. The first kappa shape index (κ1) is 15.3. The summed E-state index contributed by atoms with van der Waals surface area (Å²) in [5, 5.41) is 6.03. The van der Waals surface area contributed by atoms with Gasteiger partial charge in [0, 0.05) is 28.7 Å². The second kappa shape index (κ2) is 6.03. The summed E-state index contributed by atoms with van der Waals surface area (Å²) in [5.74, 6) is 0.117. The molecule has 2 aromatic heterocycles. The number of fused-ring (bicyclic) bond motifs is 3. The van der Waals surface area contributed by atoms with E-state index in [4.69, 9.17) is 15.5 Å². The molecule has 0 unspecified atom stereocenters. The van der Waals surface area contributed by atoms with E-state index in [2.05, 4.69) is 10.3 Å². The molecule has 0 spiro atoms. The smallest absolute Gasteiger partial charge is 0.248 e. The molecule has 4 aromatic rings. The highest BCUT2D eigenvalue weighted by molar-refractivity contribution is 7.22. The van der Waals surface area contributed by atoms with E-state index < -0.39 is 5.91 Å². The fraction of sp³-hybridized carbons (Fsp3) is 0.0556. The van der Waals surface area contributed by atoms with Crippen molar-refractivity contribution in [1.82, 2.24) is 9.97 Å². The molecule has 1 amide bonds. The number of amides is 1. The molecule has 3 N–H and O–H groups in total. The Morgan fingerprint density at radius 1 is 1.24 bits per heavy atom. The summed E-state index contributed by atoms with van der Waals surface area (Å²) >= 11 is 1.53. The third-order valence-corrected chi connectivity index (χ3v) is 4.84. The number of anilines is 2. The number of thiazole rings is 1. The van der Waals surface area contributed by atoms with Crippen LogP contribution in [0.2, 0.25) is 0 Å². The number of hydrogen-bond acceptors (Lipinski definition) is 6. The third kappa shape index (κ3) is 2.74. The van der Waals surface area contributed by atoms with Gasteiger partial charge >= 0.3 is 0 Å². The Morgan fingerprint density at radius 3 is 2.92 bits per heavy atom. The minimum Gasteiger partial charge on any atom is -0.495 e. The van der Waals surface area contributed by atoms with E-state index >= 15 is 0 Å². The van der Waals surface area contributed by atoms with Gasteiger partial charge in [-0.25, -0.2) is 4.98 Å². The Bertz CT molecular complexity index is 1110. The molecule has 0 atom stereocenters. The second-order valence-corrected chi connectivity index (χ2v) is 6.46. The molecule has 0 aliphatic heterocycles. The zero-order valence-corrected chi connectivity index (χ0v) is 14.1. The van der Waals surface area contributed by atoms with Gasteiger partial charge in [-0.2, -0.15) is 0 Å². The van der Waals surface area contributed by atoms with Crippen LogP contribution in [0.1, 0.15) is 10.4 Å². The lowest BCUT2D eigenvalue weighted by molar-refractivity contribution is 0.100. The van der Waals surface area contributed by atoms with Gasteiger partial charge in [0.2, 0.25) is 5.91 Å². The molecule has 0 fully saturated rings. The van der Waals surface area contributed by atoms with Crippen LogP contribution in [0, 0.1) is 0 Å². The maximum atomic E-state index is 11.4. The highest BCUT2D eigenvalue weighted by atomic mass is 32.1. The highest BCUT2D eigenvalue weighted by Crippen LogP contribution is 2.35. The number of carbonyl (C=O) groups excluding carboxylic acids is 1. The Morgan fingerprint density at radius 2 is 2.12 bits per heavy atom. The second-order valence-electron chi connectivity index (χ2n) is 5.43. The van der Waals surface area contributed by atoms with Gasteiger partial charge in [-0.15, -0.1) is 0 Å². The SMILES string of the molecule is COc1ccc(C(N)=O)cc1Nc1nc2c(ccc3cnccc32)s1. The Hall–Kier alpha value is -3.19. The van der Waals surface area contributed by atoms with Gasteiger partial charge in [-0.1, -0.05) is 17.4 Å². The monoisotopic (exact) mass is 350 g/mol. The van der Waals surface area contributed by atoms with E-state index in [1.807, 2.05) is 24.4 Å². The van der Waals surface area contributed by atoms with Crippen molar-refractivity contribution in [2.45, 2.75) is 0 Å². The number of nitrogens with one attached hydrogen (secondary N) is 1. The number of nitrogens with two attached hydrogens (primary N) is 1. The van der Waals surface area contributed by atoms with E-state index in [1.165, 1.54) is 11.3 Å². The molecule has 7 heteroatoms. The molecule has 0 aliphatic rings. The number of benzene rings is 2. The predicted octanol–water partition coefficient (Wildman–Crippen LogP) is 3.70. The maximum Gasteiger partial charge on any atom is 0.248 e. The number of rotatable bonds is 4. The number of nitrogens with zero attached hydrogens (tertiary/aromatic N) is 2. The zero-order chi connectivity index (χ0) is 17.4. The summed E-state index contributed by atoms with van der Waals surface area (Å²) in [6, 6.07) is 11.0. The number of carbonyl (C=O) groups is 1. The first-order valence-electron chi connectivity index (χ1n) is 7.54. The Labute approximate surface area is 147 Å². The van der Waals surface area contributed by atoms with Crippen LogP contribution in [0.25, 0.3) is 21.0 Å². The topological polar surface area (TPSA) is 90.1 Å². The lowest BCUT2D eigenvalue weighted by Crippen LogP contribution is -2.11. The lowest BCUT2D eigenvalue weighted by atomic mass is 10.1. The largest absolute Gasteiger partial charge is 0.495 e. The maximum absolute atomic E-state index is 11.4. The molecule has 0 aliphatic carbocycles. The molecule has 0 radical (unpaired) electrons. The predicted molar refractivity (Wildman–Crippen MR) is 99.7 cm³/mol. The van der Waals surface area contributed by atoms with E-state index in [1.54, 1.807) is 31.5 Å². The molecule has 4 rings (SSSR count). The summed E-state index contributed by atoms with van der Waals surface area (Å²) < 4.78 is 6.41. The van der Waals surface area contributed by atoms with Crippen LogP contribution < -0.4 is 15.8 Å². The molecule has 0 bridgehead atoms. The summed E-state index contributed by atoms with van der Waals surface area (Å²) in [5.41, 5.74) is 7.32. The normalized spacial score (nSPS) is 10.9. The molecule has 25 heavy (non-hydrogen) atoms. The summed E-state index contributed by atoms with van der Waals surface area (Å²) in [6.07, 6.45) is 3.58. The molecule has 2 aromatic carbocycles. The van der Waals surface area contributed by atoms with Crippen LogP contribution in [0.4, 0.5) is 10.8 Å². The number of ether oxygens (including phenoxy) is 1. The standard InChI is InChI=1S/C18H14N4O2S/c1-24-14-4-2-10(17(19)23)8-13(14)21-18-22-16-12-6-7-20-9-11(12)3-5-15(16)25-18/h2-9H,1H3,(H2,19,23)(H,21,22). The van der Waals surface area contributed by atoms with E-state index in [0.717, 1.165) is 21.0 Å². The van der Waals surface area contributed by atoms with E-state index in [9.17, 15) is 4.79 Å². The van der Waals surface area contributed by atoms with Crippen molar-refractivity contribution in [2.24, 2.45) is 5.73 Å². The fourth-order valence-corrected chi connectivity index (χ4v) is 3.58. The lowest BCUT2D eigenvalue weighted by Gasteiger charge is -2.10. The molecule has 2 heterocycles. The van der Waals surface area contributed by atoms with Gasteiger partial charge < -0.3 is 15.8 Å². The molecule has 0 saturated carbocycles. The molecular weight excluding hydrogens is 336 g/mol. The average molecular weight is 350 g/mol. The summed E-state index contributed by atoms with van der Waals surface area (Å²) in [6.45, 7) is 0. The van der Waals surface area contributed by atoms with E-state index in [0.29, 0.717) is 22.1 Å². The van der Waals surface area contributed by atoms with Gasteiger partial charge in [0.05, 0.1) is 23.0 Å². The van der Waals surface area contributed by atoms with Crippen molar-refractivity contribution in [2.75, 3.05) is 12.4 Å². The van der Waals surface area contributed by atoms with E-state index in [-0.39, 0.29) is 0 Å². The van der Waals surface area contributed by atoms with Crippen molar-refractivity contribution >= 4 is 49.1 Å². The third-order valence-electron chi connectivity index (χ3n) is 3.90. The summed E-state index contributed by atoms with van der Waals surface area (Å²) in [4.78, 5) is 20.3. The number of hydrogen-bond donors (Lipinski definition) is 2. The van der Waals surface area contributed by atoms with Crippen molar-refractivity contribution in [3.05, 3.63) is 54.4 Å². The average Bonchev–Trinajstić information content (AvgIpc) is 3.04. The van der Waals surface area contributed by atoms with Crippen molar-refractivity contribution < 1.29 is 9.53 Å². The van der Waals surface area contributed by atoms with Gasteiger partial charge in [-0.3, -0.25) is 9.78 Å². The van der Waals surface area contributed by atoms with Crippen LogP contribution in [0.5, 0.6) is 5.75 Å². The van der Waals surface area contributed by atoms with Crippen LogP contribution in [0.15, 0.2) is 48.8 Å². The highest BCUT2D eigenvalue weighted by Gasteiger charge is 2.12. The Balaban J connectivity index is 1.79. The van der Waals surface area contributed by atoms with Crippen LogP contribution in [-0.2, 0) is 0 Å². The first-order valence-corrected chi connectivity index (χ1v) is 8.35. The van der Waals surface area contributed by atoms with Crippen LogP contribution >= 0.6 is 11.3 Å².